The van der Waals surface area contributed by atoms with Crippen molar-refractivity contribution in [2.75, 3.05) is 97.4 Å². The quantitative estimate of drug-likeness (QED) is 0.0153. The fourth-order valence-electron chi connectivity index (χ4n) is 20.0. The van der Waals surface area contributed by atoms with E-state index in [1.165, 1.54) is 53.9 Å². The number of nitrogens with zero attached hydrogens (tertiary/aromatic N) is 2. The van der Waals surface area contributed by atoms with Gasteiger partial charge in [-0.2, -0.15) is 0 Å². The van der Waals surface area contributed by atoms with Crippen LogP contribution in [0.4, 0.5) is 22.0 Å². The number of thiocarbonyl (C=S) groups is 2. The van der Waals surface area contributed by atoms with E-state index in [0.29, 0.717) is 147 Å². The summed E-state index contributed by atoms with van der Waals surface area (Å²) in [6, 6.07) is 89.5. The minimum absolute atomic E-state index is 0.0104. The third-order valence-electron chi connectivity index (χ3n) is 27.3. The number of halogens is 5. The smallest absolute Gasteiger partial charge is 0.257 e. The van der Waals surface area contributed by atoms with Gasteiger partial charge in [-0.15, -0.1) is 0 Å². The number of aliphatic hydroxyl groups excluding tert-OH is 4. The molecule has 7 aliphatic heterocycles. The summed E-state index contributed by atoms with van der Waals surface area (Å²) in [5.41, 5.74) is 21.3. The molecule has 5 fully saturated rings. The Hall–Kier alpha value is -11.1. The summed E-state index contributed by atoms with van der Waals surface area (Å²) in [6.07, 6.45) is 0.385. The van der Waals surface area contributed by atoms with Crippen LogP contribution in [0.5, 0.6) is 0 Å². The third-order valence-corrected chi connectivity index (χ3v) is 29.5. The Morgan fingerprint density at radius 1 is 0.347 bits per heavy atom. The summed E-state index contributed by atoms with van der Waals surface area (Å²) in [5.74, 6) is -2.81. The number of carbonyl (C=O) groups excluding carboxylic acids is 2. The summed E-state index contributed by atoms with van der Waals surface area (Å²) in [4.78, 5) is 34.7. The van der Waals surface area contributed by atoms with Crippen molar-refractivity contribution in [2.45, 2.75) is 117 Å². The molecular formula is C111H122F5N9O15S4. The van der Waals surface area contributed by atoms with Crippen LogP contribution in [-0.2, 0) is 96.8 Å². The van der Waals surface area contributed by atoms with E-state index in [1.807, 2.05) is 146 Å². The van der Waals surface area contributed by atoms with Crippen LogP contribution >= 0.6 is 48.0 Å². The zero-order chi connectivity index (χ0) is 101. The second-order valence-corrected chi connectivity index (χ2v) is 38.8. The molecule has 24 nitrogen and oxygen atoms in total. The summed E-state index contributed by atoms with van der Waals surface area (Å²) in [5, 5.41) is 53.3. The summed E-state index contributed by atoms with van der Waals surface area (Å²) >= 11 is 13.9. The van der Waals surface area contributed by atoms with Gasteiger partial charge < -0.3 is 90.9 Å². The maximum atomic E-state index is 15.2. The van der Waals surface area contributed by atoms with E-state index in [-0.39, 0.29) is 122 Å². The first-order valence-electron chi connectivity index (χ1n) is 47.9. The van der Waals surface area contributed by atoms with Crippen molar-refractivity contribution >= 4 is 80.3 Å². The number of nitrogens with two attached hydrogens (primary N) is 3. The molecule has 14 N–H and O–H groups in total. The van der Waals surface area contributed by atoms with E-state index in [0.717, 1.165) is 28.0 Å². The number of aliphatic imine (C=N–C) groups is 2. The van der Waals surface area contributed by atoms with Crippen molar-refractivity contribution in [3.8, 4) is 0 Å². The highest BCUT2D eigenvalue weighted by molar-refractivity contribution is 8.14. The van der Waals surface area contributed by atoms with Gasteiger partial charge in [-0.25, -0.2) is 22.0 Å². The SMILES string of the molecule is NC1=N[C@@]2(c3ccccc3F)CCO[C@H](CO)[C@H]2CS1.NC1=N[C@@]2(c3ccccc3F)CCO[C@H](COCc3ccccc3)[C@H]2CS1.N[C@@]1(c2ccccc2F)CCO[C@H](COCc2ccccc2)[C@H]1CO.O=C(NC(=S)N[C@@]1(c2ccccc2F)CCO[C@H](COCc2ccccc2)[C@H]1CO)c1ccccc1.O=C(NC(=S)N[C@@]1(c2ccccc2F)CCO[C@H](COCc2ccccc2)[C@H]1CO)c1ccccc1. The number of aliphatic hydroxyl groups is 4. The van der Waals surface area contributed by atoms with Crippen molar-refractivity contribution in [1.82, 2.24) is 21.3 Å². The van der Waals surface area contributed by atoms with Crippen LogP contribution in [0.3, 0.4) is 0 Å². The Morgan fingerprint density at radius 2 is 0.618 bits per heavy atom. The van der Waals surface area contributed by atoms with Gasteiger partial charge >= 0.3 is 0 Å². The minimum atomic E-state index is -1.12. The molecule has 15 atom stereocenters. The van der Waals surface area contributed by atoms with E-state index in [2.05, 4.69) is 26.3 Å². The topological polar surface area (TPSA) is 349 Å². The molecule has 5 saturated heterocycles. The zero-order valence-corrected chi connectivity index (χ0v) is 82.8. The summed E-state index contributed by atoms with van der Waals surface area (Å²) < 4.78 is 127. The highest BCUT2D eigenvalue weighted by Gasteiger charge is 2.55. The molecule has 7 aliphatic rings. The predicted molar refractivity (Wildman–Crippen MR) is 554 cm³/mol. The molecule has 0 aliphatic carbocycles. The summed E-state index contributed by atoms with van der Waals surface area (Å²) in [7, 11) is 0. The monoisotopic (exact) mass is 2040 g/mol. The van der Waals surface area contributed by atoms with Gasteiger partial charge in [0.2, 0.25) is 0 Å². The van der Waals surface area contributed by atoms with Crippen LogP contribution in [-0.4, -0.2) is 181 Å². The first kappa shape index (κ1) is 109. The molecule has 11 aromatic carbocycles. The first-order valence-corrected chi connectivity index (χ1v) is 50.7. The van der Waals surface area contributed by atoms with Gasteiger partial charge in [0.25, 0.3) is 11.8 Å². The van der Waals surface area contributed by atoms with Crippen molar-refractivity contribution in [3.63, 3.8) is 0 Å². The number of benzene rings is 11. The molecule has 144 heavy (non-hydrogen) atoms. The maximum Gasteiger partial charge on any atom is 0.257 e. The molecular weight excluding hydrogens is 1920 g/mol. The van der Waals surface area contributed by atoms with Crippen LogP contribution in [0.15, 0.2) is 313 Å². The molecule has 18 rings (SSSR count). The fourth-order valence-corrected chi connectivity index (χ4v) is 22.7. The second-order valence-electron chi connectivity index (χ2n) is 35.9. The number of ether oxygens (including phenoxy) is 9. The van der Waals surface area contributed by atoms with Gasteiger partial charge in [0.1, 0.15) is 29.1 Å². The molecule has 0 spiro atoms. The molecule has 2 amide bonds. The predicted octanol–water partition coefficient (Wildman–Crippen LogP) is 15.7. The van der Waals surface area contributed by atoms with Gasteiger partial charge in [0.15, 0.2) is 20.6 Å². The third kappa shape index (κ3) is 27.2. The standard InChI is InChI=1S/2C28H29FN2O4S.C21H23FN2O2S.C20H24FNO3.C14H17FN2O2S/c2*29-24-14-8-7-13-22(24)28(31-27(36)30-26(33)21-11-5-2-6-12-21)15-16-35-25(23(28)17-32)19-34-18-20-9-3-1-4-10-20;22-18-9-5-4-8-16(18)21-10-11-26-19(17(21)14-27-20(23)24-21)13-25-12-15-6-2-1-3-7-15;21-18-9-5-4-8-16(18)20(22)10-11-25-19(17(20)12-23)14-24-13-15-6-2-1-3-7-15;15-11-4-2-1-3-9(11)14-5-6-19-12(7-18)10(14)8-20-13(16)17-14/h2*1-14,23,25,32H,15-19H2,(H2,30,31,33,36);1-9,17,19H,10-14H2,(H2,23,24);1-9,17,19,23H,10-14,22H2;1-4,10,12,18H,5-8H2,(H2,16,17)/t2*23-,25-,28-;17-,19-,21-;17-,19-,20-;10-,12-,14-/m11111/s1. The second kappa shape index (κ2) is 53.3. The Labute approximate surface area is 855 Å². The van der Waals surface area contributed by atoms with E-state index in [4.69, 9.17) is 89.3 Å². The molecule has 7 heterocycles. The number of rotatable bonds is 29. The van der Waals surface area contributed by atoms with E-state index < -0.39 is 69.3 Å². The lowest BCUT2D eigenvalue weighted by atomic mass is 9.71. The number of nitrogens with one attached hydrogen (secondary N) is 4. The lowest BCUT2D eigenvalue weighted by molar-refractivity contribution is -0.125. The number of carbonyl (C=O) groups is 2. The number of thioether (sulfide) groups is 2. The molecule has 760 valence electrons. The lowest BCUT2D eigenvalue weighted by Gasteiger charge is -2.48. The van der Waals surface area contributed by atoms with Crippen molar-refractivity contribution in [3.05, 3.63) is 394 Å². The summed E-state index contributed by atoms with van der Waals surface area (Å²) in [6.45, 7) is 3.90. The Kier molecular flexibility index (Phi) is 40.2. The number of amides is 2. The van der Waals surface area contributed by atoms with Crippen LogP contribution in [0.2, 0.25) is 0 Å². The molecule has 0 aromatic heterocycles. The minimum Gasteiger partial charge on any atom is -0.396 e. The van der Waals surface area contributed by atoms with Crippen molar-refractivity contribution < 1.29 is 94.6 Å². The zero-order valence-electron chi connectivity index (χ0n) is 79.5. The number of hydrogen-bond acceptors (Lipinski definition) is 24. The van der Waals surface area contributed by atoms with Gasteiger partial charge in [-0.05, 0) is 121 Å². The highest BCUT2D eigenvalue weighted by Crippen LogP contribution is 2.51. The average molecular weight is 2050 g/mol. The van der Waals surface area contributed by atoms with Gasteiger partial charge in [0, 0.05) is 126 Å². The lowest BCUT2D eigenvalue weighted by Crippen LogP contribution is -2.62. The van der Waals surface area contributed by atoms with Crippen LogP contribution in [0.1, 0.15) is 103 Å². The Bertz CT molecular complexity index is 5830. The maximum absolute atomic E-state index is 15.2. The average Bonchev–Trinajstić information content (AvgIpc) is 0.742. The number of amidine groups is 2. The fraction of sp³-hybridized carbons (Fsp3) is 0.351. The highest BCUT2D eigenvalue weighted by atomic mass is 32.2. The first-order chi connectivity index (χ1) is 70.1. The van der Waals surface area contributed by atoms with Crippen molar-refractivity contribution in [1.29, 1.82) is 0 Å². The largest absolute Gasteiger partial charge is 0.396 e. The van der Waals surface area contributed by atoms with E-state index >= 15 is 8.78 Å². The molecule has 0 bridgehead atoms. The van der Waals surface area contributed by atoms with Crippen molar-refractivity contribution in [2.24, 2.45) is 56.8 Å². The Morgan fingerprint density at radius 3 is 0.951 bits per heavy atom. The van der Waals surface area contributed by atoms with Gasteiger partial charge in [-0.1, -0.05) is 272 Å². The number of hydrogen-bond donors (Lipinski definition) is 11. The molecule has 0 radical (unpaired) electrons. The van der Waals surface area contributed by atoms with Crippen LogP contribution < -0.4 is 38.5 Å². The molecule has 11 aromatic rings. The molecule has 0 saturated carbocycles. The van der Waals surface area contributed by atoms with Crippen LogP contribution in [0.25, 0.3) is 0 Å². The molecule has 0 unspecified atom stereocenters. The van der Waals surface area contributed by atoms with E-state index in [1.54, 1.807) is 127 Å². The molecule has 33 heteroatoms. The van der Waals surface area contributed by atoms with Gasteiger partial charge in [0.05, 0.1) is 137 Å². The number of fused-ring (bicyclic) bond motifs is 2. The van der Waals surface area contributed by atoms with Gasteiger partial charge in [-0.3, -0.25) is 30.2 Å². The normalized spacial score (nSPS) is 25.2. The van der Waals surface area contributed by atoms with Crippen LogP contribution in [0, 0.1) is 58.7 Å². The Balaban J connectivity index is 0.000000145. The van der Waals surface area contributed by atoms with E-state index in [9.17, 15) is 43.2 Å².